The van der Waals surface area contributed by atoms with Crippen LogP contribution in [0, 0.1) is 0 Å². The number of hydrogen-bond donors (Lipinski definition) is 3. The lowest BCUT2D eigenvalue weighted by atomic mass is 10.2. The van der Waals surface area contributed by atoms with Gasteiger partial charge >= 0.3 is 0 Å². The van der Waals surface area contributed by atoms with Gasteiger partial charge in [0.1, 0.15) is 21.7 Å². The van der Waals surface area contributed by atoms with Crippen LogP contribution in [0.1, 0.15) is 50.7 Å². The number of nitrogens with zero attached hydrogens (tertiary/aromatic N) is 4. The fourth-order valence-corrected chi connectivity index (χ4v) is 5.02. The number of aromatic amines is 2. The SMILES string of the molecule is CCCCCc1ncc(-c2ncc(-c3cnc(-c4cnc(CCCCN)[nH]4)s3)s2)[nH]1. The van der Waals surface area contributed by atoms with E-state index >= 15 is 0 Å². The quantitative estimate of drug-likeness (QED) is 0.282. The fourth-order valence-electron chi connectivity index (χ4n) is 3.20. The molecule has 4 rings (SSSR count). The minimum absolute atomic E-state index is 0.721. The number of nitrogens with one attached hydrogen (secondary N) is 2. The molecule has 4 heterocycles. The lowest BCUT2D eigenvalue weighted by Crippen LogP contribution is -1.99. The average Bonchev–Trinajstić information content (AvgIpc) is 3.53. The van der Waals surface area contributed by atoms with E-state index in [-0.39, 0.29) is 0 Å². The molecule has 0 aromatic carbocycles. The van der Waals surface area contributed by atoms with Crippen LogP contribution in [-0.4, -0.2) is 36.4 Å². The van der Waals surface area contributed by atoms with Gasteiger partial charge in [0.05, 0.1) is 33.5 Å². The highest BCUT2D eigenvalue weighted by atomic mass is 32.1. The van der Waals surface area contributed by atoms with Gasteiger partial charge in [-0.05, 0) is 25.8 Å². The van der Waals surface area contributed by atoms with Crippen LogP contribution in [0.15, 0.2) is 24.8 Å². The Labute approximate surface area is 184 Å². The predicted octanol–water partition coefficient (Wildman–Crippen LogP) is 5.06. The van der Waals surface area contributed by atoms with E-state index in [0.29, 0.717) is 0 Å². The molecule has 0 aliphatic rings. The normalized spacial score (nSPS) is 11.4. The summed E-state index contributed by atoms with van der Waals surface area (Å²) in [5.41, 5.74) is 7.51. The maximum atomic E-state index is 5.56. The molecule has 0 aliphatic heterocycles. The zero-order valence-electron chi connectivity index (χ0n) is 17.1. The molecule has 0 saturated heterocycles. The van der Waals surface area contributed by atoms with Crippen molar-refractivity contribution in [2.45, 2.75) is 51.9 Å². The molecular formula is C21H27N7S2. The molecule has 0 bridgehead atoms. The molecule has 0 radical (unpaired) electrons. The van der Waals surface area contributed by atoms with Gasteiger partial charge < -0.3 is 15.7 Å². The number of aromatic nitrogens is 6. The third-order valence-electron chi connectivity index (χ3n) is 4.86. The van der Waals surface area contributed by atoms with E-state index < -0.39 is 0 Å². The van der Waals surface area contributed by atoms with Crippen LogP contribution < -0.4 is 5.73 Å². The first-order chi connectivity index (χ1) is 14.8. The van der Waals surface area contributed by atoms with Gasteiger partial charge in [0, 0.05) is 25.2 Å². The summed E-state index contributed by atoms with van der Waals surface area (Å²) in [4.78, 5) is 27.2. The minimum Gasteiger partial charge on any atom is -0.340 e. The fraction of sp³-hybridized carbons (Fsp3) is 0.429. The van der Waals surface area contributed by atoms with Crippen molar-refractivity contribution in [3.63, 3.8) is 0 Å². The van der Waals surface area contributed by atoms with Crippen molar-refractivity contribution in [3.8, 4) is 31.2 Å². The van der Waals surface area contributed by atoms with Gasteiger partial charge in [0.2, 0.25) is 0 Å². The zero-order valence-corrected chi connectivity index (χ0v) is 18.8. The van der Waals surface area contributed by atoms with Crippen molar-refractivity contribution in [1.82, 2.24) is 29.9 Å². The van der Waals surface area contributed by atoms with E-state index in [1.165, 1.54) is 19.3 Å². The summed E-state index contributed by atoms with van der Waals surface area (Å²) in [5, 5.41) is 1.90. The van der Waals surface area contributed by atoms with Gasteiger partial charge in [-0.1, -0.05) is 19.8 Å². The standard InChI is InChI=1S/C21H27N7S2/c1-2-3-4-7-18-23-10-14(27-18)20-25-12-16(29-20)17-13-26-21(30-17)15-11-24-19(28-15)8-5-6-9-22/h10-13H,2-9,22H2,1H3,(H,23,27)(H,24,28). The molecule has 7 nitrogen and oxygen atoms in total. The molecular weight excluding hydrogens is 414 g/mol. The number of imidazole rings is 2. The van der Waals surface area contributed by atoms with E-state index in [9.17, 15) is 0 Å². The molecule has 4 aromatic heterocycles. The van der Waals surface area contributed by atoms with Crippen LogP contribution >= 0.6 is 22.7 Å². The molecule has 0 amide bonds. The Kier molecular flexibility index (Phi) is 7.03. The Morgan fingerprint density at radius 1 is 0.733 bits per heavy atom. The van der Waals surface area contributed by atoms with Crippen LogP contribution in [0.2, 0.25) is 0 Å². The Hall–Kier alpha value is -2.36. The highest BCUT2D eigenvalue weighted by Gasteiger charge is 2.14. The molecule has 30 heavy (non-hydrogen) atoms. The highest BCUT2D eigenvalue weighted by molar-refractivity contribution is 7.24. The number of hydrogen-bond acceptors (Lipinski definition) is 7. The van der Waals surface area contributed by atoms with E-state index in [1.54, 1.807) is 22.7 Å². The molecule has 0 fully saturated rings. The third kappa shape index (κ3) is 5.03. The van der Waals surface area contributed by atoms with Crippen molar-refractivity contribution < 1.29 is 0 Å². The Bertz CT molecular complexity index is 974. The summed E-state index contributed by atoms with van der Waals surface area (Å²) in [5.74, 6) is 2.03. The second-order valence-electron chi connectivity index (χ2n) is 7.25. The first-order valence-corrected chi connectivity index (χ1v) is 12.1. The smallest absolute Gasteiger partial charge is 0.141 e. The molecule has 0 aliphatic carbocycles. The molecule has 4 aromatic rings. The molecule has 0 unspecified atom stereocenters. The number of unbranched alkanes of at least 4 members (excludes halogenated alkanes) is 3. The summed E-state index contributed by atoms with van der Waals surface area (Å²) < 4.78 is 0. The van der Waals surface area contributed by atoms with Gasteiger partial charge in [-0.25, -0.2) is 19.9 Å². The minimum atomic E-state index is 0.721. The topological polar surface area (TPSA) is 109 Å². The Morgan fingerprint density at radius 3 is 1.77 bits per heavy atom. The molecule has 0 spiro atoms. The number of rotatable bonds is 11. The van der Waals surface area contributed by atoms with Crippen molar-refractivity contribution in [1.29, 1.82) is 0 Å². The summed E-state index contributed by atoms with van der Waals surface area (Å²) in [6, 6.07) is 0. The van der Waals surface area contributed by atoms with Crippen molar-refractivity contribution in [2.75, 3.05) is 6.54 Å². The van der Waals surface area contributed by atoms with Gasteiger partial charge in [0.25, 0.3) is 0 Å². The number of aryl methyl sites for hydroxylation is 2. The first kappa shape index (κ1) is 20.9. The van der Waals surface area contributed by atoms with Crippen LogP contribution in [0.5, 0.6) is 0 Å². The van der Waals surface area contributed by atoms with E-state index in [0.717, 1.165) is 75.0 Å². The Morgan fingerprint density at radius 2 is 1.27 bits per heavy atom. The van der Waals surface area contributed by atoms with Gasteiger partial charge in [0.15, 0.2) is 0 Å². The summed E-state index contributed by atoms with van der Waals surface area (Å²) in [6.07, 6.45) is 15.2. The number of H-pyrrole nitrogens is 2. The lowest BCUT2D eigenvalue weighted by Gasteiger charge is -1.95. The van der Waals surface area contributed by atoms with Gasteiger partial charge in [-0.15, -0.1) is 22.7 Å². The second-order valence-corrected chi connectivity index (χ2v) is 9.31. The monoisotopic (exact) mass is 441 g/mol. The van der Waals surface area contributed by atoms with Crippen molar-refractivity contribution >= 4 is 22.7 Å². The number of nitrogens with two attached hydrogens (primary N) is 1. The number of thiazole rings is 2. The van der Waals surface area contributed by atoms with Crippen LogP contribution in [0.4, 0.5) is 0 Å². The highest BCUT2D eigenvalue weighted by Crippen LogP contribution is 2.36. The zero-order chi connectivity index (χ0) is 20.8. The molecule has 9 heteroatoms. The van der Waals surface area contributed by atoms with Crippen LogP contribution in [-0.2, 0) is 12.8 Å². The Balaban J connectivity index is 1.43. The largest absolute Gasteiger partial charge is 0.340 e. The van der Waals surface area contributed by atoms with E-state index in [2.05, 4.69) is 36.8 Å². The average molecular weight is 442 g/mol. The predicted molar refractivity (Wildman–Crippen MR) is 124 cm³/mol. The summed E-state index contributed by atoms with van der Waals surface area (Å²) in [7, 11) is 0. The van der Waals surface area contributed by atoms with Crippen LogP contribution in [0.3, 0.4) is 0 Å². The maximum absolute atomic E-state index is 5.56. The molecule has 4 N–H and O–H groups in total. The molecule has 0 saturated carbocycles. The van der Waals surface area contributed by atoms with Crippen LogP contribution in [0.25, 0.3) is 31.2 Å². The second kappa shape index (κ2) is 10.1. The van der Waals surface area contributed by atoms with E-state index in [4.69, 9.17) is 5.73 Å². The van der Waals surface area contributed by atoms with Gasteiger partial charge in [-0.3, -0.25) is 0 Å². The lowest BCUT2D eigenvalue weighted by molar-refractivity contribution is 0.699. The van der Waals surface area contributed by atoms with Gasteiger partial charge in [-0.2, -0.15) is 0 Å². The molecule has 158 valence electrons. The molecule has 0 atom stereocenters. The maximum Gasteiger partial charge on any atom is 0.141 e. The summed E-state index contributed by atoms with van der Waals surface area (Å²) in [6.45, 7) is 2.93. The van der Waals surface area contributed by atoms with Crippen molar-refractivity contribution in [3.05, 3.63) is 36.4 Å². The summed E-state index contributed by atoms with van der Waals surface area (Å²) >= 11 is 3.31. The van der Waals surface area contributed by atoms with Crippen molar-refractivity contribution in [2.24, 2.45) is 5.73 Å². The third-order valence-corrected chi connectivity index (χ3v) is 7.11. The van der Waals surface area contributed by atoms with E-state index in [1.807, 2.05) is 24.8 Å². The first-order valence-electron chi connectivity index (χ1n) is 10.5.